The summed E-state index contributed by atoms with van der Waals surface area (Å²) in [5.41, 5.74) is 5.57. The number of carbonyl (C=O) groups is 1. The van der Waals surface area contributed by atoms with Gasteiger partial charge in [-0.3, -0.25) is 9.78 Å². The van der Waals surface area contributed by atoms with Gasteiger partial charge in [-0.25, -0.2) is 0 Å². The molecule has 5 heteroatoms. The molecule has 5 nitrogen and oxygen atoms in total. The average Bonchev–Trinajstić information content (AvgIpc) is 2.68. The van der Waals surface area contributed by atoms with Crippen LogP contribution >= 0.6 is 0 Å². The number of carbonyl (C=O) groups excluding carboxylic acids is 1. The van der Waals surface area contributed by atoms with Gasteiger partial charge in [0.2, 0.25) is 0 Å². The number of aromatic nitrogens is 1. The smallest absolute Gasteiger partial charge is 0.257 e. The maximum absolute atomic E-state index is 12.5. The predicted molar refractivity (Wildman–Crippen MR) is 111 cm³/mol. The molecular formula is C22H24N4O. The second-order valence-electron chi connectivity index (χ2n) is 6.70. The molecule has 0 aliphatic heterocycles. The summed E-state index contributed by atoms with van der Waals surface area (Å²) in [4.78, 5) is 18.7. The van der Waals surface area contributed by atoms with Gasteiger partial charge >= 0.3 is 0 Å². The van der Waals surface area contributed by atoms with Crippen molar-refractivity contribution in [3.63, 3.8) is 0 Å². The first-order valence-corrected chi connectivity index (χ1v) is 8.84. The minimum Gasteiger partial charge on any atom is -0.380 e. The van der Waals surface area contributed by atoms with Gasteiger partial charge in [0.15, 0.2) is 0 Å². The number of anilines is 3. The molecule has 2 aromatic carbocycles. The highest BCUT2D eigenvalue weighted by Gasteiger charge is 2.08. The van der Waals surface area contributed by atoms with Gasteiger partial charge in [-0.2, -0.15) is 0 Å². The highest BCUT2D eigenvalue weighted by molar-refractivity contribution is 6.04. The summed E-state index contributed by atoms with van der Waals surface area (Å²) >= 11 is 0. The van der Waals surface area contributed by atoms with Gasteiger partial charge in [0.05, 0.1) is 11.3 Å². The van der Waals surface area contributed by atoms with Crippen LogP contribution in [0.3, 0.4) is 0 Å². The average molecular weight is 360 g/mol. The summed E-state index contributed by atoms with van der Waals surface area (Å²) in [6.45, 7) is 2.75. The van der Waals surface area contributed by atoms with Crippen LogP contribution in [0.2, 0.25) is 0 Å². The molecule has 0 aliphatic rings. The van der Waals surface area contributed by atoms with Gasteiger partial charge < -0.3 is 15.5 Å². The molecule has 0 aliphatic carbocycles. The lowest BCUT2D eigenvalue weighted by Crippen LogP contribution is -2.13. The molecule has 0 unspecified atom stereocenters. The zero-order chi connectivity index (χ0) is 19.2. The minimum absolute atomic E-state index is 0.181. The maximum Gasteiger partial charge on any atom is 0.257 e. The molecule has 0 bridgehead atoms. The molecule has 3 aromatic rings. The molecule has 0 spiro atoms. The van der Waals surface area contributed by atoms with Gasteiger partial charge in [0.25, 0.3) is 5.91 Å². The zero-order valence-corrected chi connectivity index (χ0v) is 15.9. The lowest BCUT2D eigenvalue weighted by Gasteiger charge is -2.13. The first kappa shape index (κ1) is 18.5. The summed E-state index contributed by atoms with van der Waals surface area (Å²) in [5.74, 6) is -0.181. The van der Waals surface area contributed by atoms with E-state index in [1.165, 1.54) is 11.1 Å². The van der Waals surface area contributed by atoms with E-state index in [0.717, 1.165) is 17.1 Å². The Balaban J connectivity index is 1.63. The van der Waals surface area contributed by atoms with Gasteiger partial charge in [-0.1, -0.05) is 29.8 Å². The van der Waals surface area contributed by atoms with E-state index in [-0.39, 0.29) is 5.91 Å². The Labute approximate surface area is 160 Å². The van der Waals surface area contributed by atoms with Crippen molar-refractivity contribution in [1.82, 2.24) is 4.98 Å². The lowest BCUT2D eigenvalue weighted by molar-refractivity contribution is 0.102. The molecular weight excluding hydrogens is 336 g/mol. The number of hydrogen-bond acceptors (Lipinski definition) is 4. The summed E-state index contributed by atoms with van der Waals surface area (Å²) in [6, 6.07) is 17.9. The van der Waals surface area contributed by atoms with E-state index in [1.54, 1.807) is 12.4 Å². The van der Waals surface area contributed by atoms with Crippen LogP contribution in [-0.2, 0) is 6.54 Å². The highest BCUT2D eigenvalue weighted by atomic mass is 16.1. The fourth-order valence-corrected chi connectivity index (χ4v) is 2.62. The highest BCUT2D eigenvalue weighted by Crippen LogP contribution is 2.17. The monoisotopic (exact) mass is 360 g/mol. The maximum atomic E-state index is 12.5. The van der Waals surface area contributed by atoms with E-state index in [2.05, 4.69) is 46.8 Å². The van der Waals surface area contributed by atoms with Crippen molar-refractivity contribution in [2.24, 2.45) is 0 Å². The number of aryl methyl sites for hydroxylation is 1. The molecule has 1 heterocycles. The lowest BCUT2D eigenvalue weighted by atomic mass is 10.1. The molecule has 2 N–H and O–H groups in total. The van der Waals surface area contributed by atoms with E-state index in [4.69, 9.17) is 0 Å². The van der Waals surface area contributed by atoms with Crippen molar-refractivity contribution in [2.45, 2.75) is 13.5 Å². The van der Waals surface area contributed by atoms with Crippen LogP contribution in [0.4, 0.5) is 17.1 Å². The summed E-state index contributed by atoms with van der Waals surface area (Å²) in [7, 11) is 3.96. The van der Waals surface area contributed by atoms with Crippen LogP contribution in [0.25, 0.3) is 0 Å². The largest absolute Gasteiger partial charge is 0.380 e. The summed E-state index contributed by atoms with van der Waals surface area (Å²) in [6.07, 6.45) is 3.29. The fourth-order valence-electron chi connectivity index (χ4n) is 2.62. The summed E-state index contributed by atoms with van der Waals surface area (Å²) in [5, 5.41) is 6.22. The molecule has 0 fully saturated rings. The Kier molecular flexibility index (Phi) is 5.71. The second-order valence-corrected chi connectivity index (χ2v) is 6.70. The third-order valence-electron chi connectivity index (χ3n) is 4.26. The summed E-state index contributed by atoms with van der Waals surface area (Å²) < 4.78 is 0. The van der Waals surface area contributed by atoms with Gasteiger partial charge in [0.1, 0.15) is 0 Å². The molecule has 0 radical (unpaired) electrons. The van der Waals surface area contributed by atoms with Crippen molar-refractivity contribution in [1.29, 1.82) is 0 Å². The molecule has 1 amide bonds. The standard InChI is InChI=1S/C22H24N4O/c1-16-4-6-17(7-5-16)13-24-20-12-18(14-23-15-20)22(27)25-19-8-10-21(11-9-19)26(2)3/h4-12,14-15,24H,13H2,1-3H3,(H,25,27). The van der Waals surface area contributed by atoms with E-state index >= 15 is 0 Å². The van der Waals surface area contributed by atoms with Crippen molar-refractivity contribution in [2.75, 3.05) is 29.6 Å². The molecule has 3 rings (SSSR count). The van der Waals surface area contributed by atoms with Crippen LogP contribution in [0.5, 0.6) is 0 Å². The number of nitrogens with zero attached hydrogens (tertiary/aromatic N) is 2. The Morgan fingerprint density at radius 1 is 0.963 bits per heavy atom. The van der Waals surface area contributed by atoms with Crippen LogP contribution < -0.4 is 15.5 Å². The Morgan fingerprint density at radius 3 is 2.33 bits per heavy atom. The van der Waals surface area contributed by atoms with Gasteiger partial charge in [0, 0.05) is 44.4 Å². The minimum atomic E-state index is -0.181. The Morgan fingerprint density at radius 2 is 1.67 bits per heavy atom. The first-order valence-electron chi connectivity index (χ1n) is 8.84. The zero-order valence-electron chi connectivity index (χ0n) is 15.9. The van der Waals surface area contributed by atoms with Crippen LogP contribution in [-0.4, -0.2) is 25.0 Å². The molecule has 0 saturated heterocycles. The second kappa shape index (κ2) is 8.36. The first-order chi connectivity index (χ1) is 13.0. The van der Waals surface area contributed by atoms with Crippen molar-refractivity contribution in [3.05, 3.63) is 83.7 Å². The molecule has 0 saturated carbocycles. The quantitative estimate of drug-likeness (QED) is 0.687. The number of amides is 1. The third-order valence-corrected chi connectivity index (χ3v) is 4.26. The number of benzene rings is 2. The van der Waals surface area contributed by atoms with Crippen molar-refractivity contribution in [3.8, 4) is 0 Å². The van der Waals surface area contributed by atoms with Crippen LogP contribution in [0, 0.1) is 6.92 Å². The van der Waals surface area contributed by atoms with Crippen molar-refractivity contribution >= 4 is 23.0 Å². The molecule has 138 valence electrons. The van der Waals surface area contributed by atoms with E-state index in [9.17, 15) is 4.79 Å². The van der Waals surface area contributed by atoms with E-state index in [0.29, 0.717) is 12.1 Å². The Hall–Kier alpha value is -3.34. The topological polar surface area (TPSA) is 57.3 Å². The number of hydrogen-bond donors (Lipinski definition) is 2. The Bertz CT molecular complexity index is 902. The number of rotatable bonds is 6. The van der Waals surface area contributed by atoms with Crippen molar-refractivity contribution < 1.29 is 4.79 Å². The van der Waals surface area contributed by atoms with Gasteiger partial charge in [-0.05, 0) is 42.8 Å². The van der Waals surface area contributed by atoms with Crippen LogP contribution in [0.1, 0.15) is 21.5 Å². The predicted octanol–water partition coefficient (Wildman–Crippen LogP) is 4.32. The van der Waals surface area contributed by atoms with E-state index < -0.39 is 0 Å². The number of nitrogens with one attached hydrogen (secondary N) is 2. The normalized spacial score (nSPS) is 10.3. The SMILES string of the molecule is Cc1ccc(CNc2cncc(C(=O)Nc3ccc(N(C)C)cc3)c2)cc1. The van der Waals surface area contributed by atoms with E-state index in [1.807, 2.05) is 49.3 Å². The molecule has 27 heavy (non-hydrogen) atoms. The molecule has 1 aromatic heterocycles. The fraction of sp³-hybridized carbons (Fsp3) is 0.182. The third kappa shape index (κ3) is 5.07. The number of pyridine rings is 1. The van der Waals surface area contributed by atoms with Gasteiger partial charge in [-0.15, -0.1) is 0 Å². The van der Waals surface area contributed by atoms with Crippen LogP contribution in [0.15, 0.2) is 67.0 Å². The molecule has 0 atom stereocenters.